The summed E-state index contributed by atoms with van der Waals surface area (Å²) in [4.78, 5) is 11.3. The lowest BCUT2D eigenvalue weighted by atomic mass is 9.83. The minimum absolute atomic E-state index is 0.454. The lowest BCUT2D eigenvalue weighted by Gasteiger charge is -2.39. The molecule has 1 N–H and O–H groups in total. The number of rotatable bonds is 3. The normalized spacial score (nSPS) is 25.9. The van der Waals surface area contributed by atoms with Crippen molar-refractivity contribution in [3.8, 4) is 0 Å². The van der Waals surface area contributed by atoms with Crippen LogP contribution in [-0.4, -0.2) is 47.1 Å². The lowest BCUT2D eigenvalue weighted by Crippen LogP contribution is -2.49. The van der Waals surface area contributed by atoms with Crippen molar-refractivity contribution in [3.05, 3.63) is 54.1 Å². The number of aliphatic imine (C=N–C) groups is 1. The van der Waals surface area contributed by atoms with E-state index in [9.17, 15) is 0 Å². The van der Waals surface area contributed by atoms with E-state index in [0.29, 0.717) is 17.9 Å². The molecule has 1 aromatic heterocycles. The fourth-order valence-electron chi connectivity index (χ4n) is 4.71. The van der Waals surface area contributed by atoms with Crippen LogP contribution in [0.3, 0.4) is 0 Å². The van der Waals surface area contributed by atoms with Gasteiger partial charge in [0.25, 0.3) is 0 Å². The van der Waals surface area contributed by atoms with E-state index in [2.05, 4.69) is 62.1 Å². The highest BCUT2D eigenvalue weighted by atomic mass is 15.3. The van der Waals surface area contributed by atoms with Gasteiger partial charge in [-0.15, -0.1) is 0 Å². The highest BCUT2D eigenvalue weighted by molar-refractivity contribution is 5.80. The van der Waals surface area contributed by atoms with E-state index >= 15 is 0 Å². The number of aryl methyl sites for hydroxylation is 1. The van der Waals surface area contributed by atoms with E-state index < -0.39 is 0 Å². The number of piperidine rings is 1. The summed E-state index contributed by atoms with van der Waals surface area (Å²) >= 11 is 0. The molecule has 1 fully saturated rings. The fourth-order valence-corrected chi connectivity index (χ4v) is 4.71. The molecule has 1 aliphatic heterocycles. The topological polar surface area (TPSA) is 45.5 Å². The van der Waals surface area contributed by atoms with Crippen molar-refractivity contribution < 1.29 is 0 Å². The molecule has 4 rings (SSSR count). The largest absolute Gasteiger partial charge is 0.356 e. The Balaban J connectivity index is 1.41. The van der Waals surface area contributed by atoms with Gasteiger partial charge in [0.15, 0.2) is 5.96 Å². The Morgan fingerprint density at radius 2 is 2.19 bits per heavy atom. The maximum Gasteiger partial charge on any atom is 0.193 e. The van der Waals surface area contributed by atoms with Gasteiger partial charge in [0, 0.05) is 45.0 Å². The van der Waals surface area contributed by atoms with Crippen LogP contribution >= 0.6 is 0 Å². The van der Waals surface area contributed by atoms with Crippen molar-refractivity contribution in [1.29, 1.82) is 0 Å². The molecule has 3 atom stereocenters. The van der Waals surface area contributed by atoms with Crippen molar-refractivity contribution in [2.24, 2.45) is 10.9 Å². The predicted octanol–water partition coefficient (Wildman–Crippen LogP) is 3.46. The van der Waals surface area contributed by atoms with Crippen LogP contribution in [0.25, 0.3) is 0 Å². The number of hydrogen-bond donors (Lipinski definition) is 1. The van der Waals surface area contributed by atoms with E-state index in [1.807, 2.05) is 19.6 Å². The zero-order chi connectivity index (χ0) is 18.6. The van der Waals surface area contributed by atoms with E-state index in [1.54, 1.807) is 0 Å². The number of aromatic nitrogens is 2. The molecule has 2 heterocycles. The number of imidazole rings is 1. The quantitative estimate of drug-likeness (QED) is 0.669. The Morgan fingerprint density at radius 1 is 1.30 bits per heavy atom. The van der Waals surface area contributed by atoms with Crippen LogP contribution in [0.15, 0.2) is 48.0 Å². The van der Waals surface area contributed by atoms with Crippen LogP contribution in [0.5, 0.6) is 0 Å². The second-order valence-electron chi connectivity index (χ2n) is 8.01. The SMILES string of the molecule is CN=C(NCC1CCCc2ccccc21)N1CCC(C)C(n2ccnc2)C1. The minimum atomic E-state index is 0.454. The third-order valence-electron chi connectivity index (χ3n) is 6.34. The second kappa shape index (κ2) is 8.15. The molecule has 144 valence electrons. The van der Waals surface area contributed by atoms with Gasteiger partial charge < -0.3 is 14.8 Å². The summed E-state index contributed by atoms with van der Waals surface area (Å²) in [5.74, 6) is 2.27. The summed E-state index contributed by atoms with van der Waals surface area (Å²) < 4.78 is 2.25. The van der Waals surface area contributed by atoms with Crippen molar-refractivity contribution in [2.45, 2.75) is 44.6 Å². The third-order valence-corrected chi connectivity index (χ3v) is 6.34. The molecule has 5 heteroatoms. The molecule has 3 unspecified atom stereocenters. The Hall–Kier alpha value is -2.30. The molecule has 1 aliphatic carbocycles. The molecule has 2 aromatic rings. The van der Waals surface area contributed by atoms with Crippen molar-refractivity contribution in [1.82, 2.24) is 19.8 Å². The zero-order valence-electron chi connectivity index (χ0n) is 16.5. The van der Waals surface area contributed by atoms with Gasteiger partial charge in [-0.05, 0) is 42.7 Å². The van der Waals surface area contributed by atoms with Crippen LogP contribution in [0.1, 0.15) is 49.3 Å². The molecule has 0 saturated carbocycles. The monoisotopic (exact) mass is 365 g/mol. The lowest BCUT2D eigenvalue weighted by molar-refractivity contribution is 0.189. The molecule has 0 amide bonds. The summed E-state index contributed by atoms with van der Waals surface area (Å²) in [6.45, 7) is 5.36. The van der Waals surface area contributed by atoms with Crippen molar-refractivity contribution >= 4 is 5.96 Å². The van der Waals surface area contributed by atoms with Crippen molar-refractivity contribution in [3.63, 3.8) is 0 Å². The first-order valence-electron chi connectivity index (χ1n) is 10.3. The Kier molecular flexibility index (Phi) is 5.46. The first-order chi connectivity index (χ1) is 13.3. The Bertz CT molecular complexity index is 767. The Morgan fingerprint density at radius 3 is 3.00 bits per heavy atom. The molecule has 0 bridgehead atoms. The minimum Gasteiger partial charge on any atom is -0.356 e. The zero-order valence-corrected chi connectivity index (χ0v) is 16.5. The molecule has 27 heavy (non-hydrogen) atoms. The molecule has 0 radical (unpaired) electrons. The van der Waals surface area contributed by atoms with Gasteiger partial charge in [0.1, 0.15) is 0 Å². The summed E-state index contributed by atoms with van der Waals surface area (Å²) in [7, 11) is 1.90. The van der Waals surface area contributed by atoms with Crippen LogP contribution < -0.4 is 5.32 Å². The predicted molar refractivity (Wildman–Crippen MR) is 110 cm³/mol. The molecule has 0 spiro atoms. The van der Waals surface area contributed by atoms with Crippen LogP contribution in [0.2, 0.25) is 0 Å². The van der Waals surface area contributed by atoms with E-state index in [0.717, 1.165) is 25.6 Å². The van der Waals surface area contributed by atoms with Crippen molar-refractivity contribution in [2.75, 3.05) is 26.7 Å². The molecule has 5 nitrogen and oxygen atoms in total. The van der Waals surface area contributed by atoms with Gasteiger partial charge in [-0.25, -0.2) is 4.98 Å². The molecule has 2 aliphatic rings. The average molecular weight is 366 g/mol. The number of benzene rings is 1. The number of guanidine groups is 1. The van der Waals surface area contributed by atoms with Gasteiger partial charge in [0.2, 0.25) is 0 Å². The average Bonchev–Trinajstić information content (AvgIpc) is 3.24. The van der Waals surface area contributed by atoms with Crippen LogP contribution in [0.4, 0.5) is 0 Å². The fraction of sp³-hybridized carbons (Fsp3) is 0.545. The molecule has 1 saturated heterocycles. The first-order valence-corrected chi connectivity index (χ1v) is 10.3. The Labute approximate surface area is 162 Å². The highest BCUT2D eigenvalue weighted by Crippen LogP contribution is 2.31. The standard InChI is InChI=1S/C22H31N5/c1-17-10-12-26(15-21(17)27-13-11-24-16-27)22(23-2)25-14-19-8-5-7-18-6-3-4-9-20(18)19/h3-4,6,9,11,13,16-17,19,21H,5,7-8,10,12,14-15H2,1-2H3,(H,23,25). The van der Waals surface area contributed by atoms with Gasteiger partial charge in [-0.3, -0.25) is 4.99 Å². The van der Waals surface area contributed by atoms with Gasteiger partial charge in [-0.1, -0.05) is 31.2 Å². The summed E-state index contributed by atoms with van der Waals surface area (Å²) in [6.07, 6.45) is 10.8. The van der Waals surface area contributed by atoms with Gasteiger partial charge >= 0.3 is 0 Å². The number of fused-ring (bicyclic) bond motifs is 1. The van der Waals surface area contributed by atoms with E-state index in [-0.39, 0.29) is 0 Å². The van der Waals surface area contributed by atoms with Crippen LogP contribution in [0, 0.1) is 5.92 Å². The highest BCUT2D eigenvalue weighted by Gasteiger charge is 2.29. The van der Waals surface area contributed by atoms with E-state index in [1.165, 1.54) is 36.8 Å². The molecular formula is C22H31N5. The smallest absolute Gasteiger partial charge is 0.193 e. The summed E-state index contributed by atoms with van der Waals surface area (Å²) in [5, 5.41) is 3.68. The number of likely N-dealkylation sites (tertiary alicyclic amines) is 1. The molecular weight excluding hydrogens is 334 g/mol. The third kappa shape index (κ3) is 3.87. The number of hydrogen-bond acceptors (Lipinski definition) is 2. The maximum absolute atomic E-state index is 4.60. The van der Waals surface area contributed by atoms with Crippen LogP contribution in [-0.2, 0) is 6.42 Å². The summed E-state index contributed by atoms with van der Waals surface area (Å²) in [6, 6.07) is 9.39. The first kappa shape index (κ1) is 18.1. The van der Waals surface area contributed by atoms with Gasteiger partial charge in [-0.2, -0.15) is 0 Å². The molecule has 1 aromatic carbocycles. The maximum atomic E-state index is 4.60. The number of nitrogens with zero attached hydrogens (tertiary/aromatic N) is 4. The summed E-state index contributed by atoms with van der Waals surface area (Å²) in [5.41, 5.74) is 3.05. The second-order valence-corrected chi connectivity index (χ2v) is 8.01. The van der Waals surface area contributed by atoms with E-state index in [4.69, 9.17) is 0 Å². The van der Waals surface area contributed by atoms with Gasteiger partial charge in [0.05, 0.1) is 12.4 Å². The number of nitrogens with one attached hydrogen (secondary N) is 1.